The molecule has 0 radical (unpaired) electrons. The first-order valence-corrected chi connectivity index (χ1v) is 6.96. The van der Waals surface area contributed by atoms with Gasteiger partial charge in [0.15, 0.2) is 11.5 Å². The highest BCUT2D eigenvalue weighted by atomic mass is 16.5. The maximum absolute atomic E-state index is 10.1. The summed E-state index contributed by atoms with van der Waals surface area (Å²) in [6.45, 7) is 0.466. The van der Waals surface area contributed by atoms with E-state index in [2.05, 4.69) is 0 Å². The number of hydrogen-bond acceptors (Lipinski definition) is 4. The molecule has 1 fully saturated rings. The summed E-state index contributed by atoms with van der Waals surface area (Å²) >= 11 is 0. The summed E-state index contributed by atoms with van der Waals surface area (Å²) in [6, 6.07) is 5.69. The predicted octanol–water partition coefficient (Wildman–Crippen LogP) is 2.23. The Morgan fingerprint density at radius 1 is 1.21 bits per heavy atom. The van der Waals surface area contributed by atoms with Crippen LogP contribution in [0.3, 0.4) is 0 Å². The molecule has 0 aliphatic heterocycles. The van der Waals surface area contributed by atoms with Crippen LogP contribution in [0.15, 0.2) is 18.2 Å². The Balaban J connectivity index is 2.15. The molecule has 0 bridgehead atoms. The number of rotatable bonds is 4. The molecule has 1 aromatic carbocycles. The number of nitrogens with two attached hydrogens (primary N) is 1. The van der Waals surface area contributed by atoms with Crippen LogP contribution >= 0.6 is 0 Å². The number of ether oxygens (including phenoxy) is 2. The van der Waals surface area contributed by atoms with Crippen molar-refractivity contribution in [3.05, 3.63) is 23.8 Å². The van der Waals surface area contributed by atoms with Crippen LogP contribution in [0, 0.1) is 0 Å². The molecule has 2 rings (SSSR count). The van der Waals surface area contributed by atoms with Crippen LogP contribution in [0.5, 0.6) is 11.5 Å². The zero-order valence-corrected chi connectivity index (χ0v) is 11.5. The van der Waals surface area contributed by atoms with Crippen molar-refractivity contribution in [3.63, 3.8) is 0 Å². The molecule has 4 heteroatoms. The van der Waals surface area contributed by atoms with Gasteiger partial charge >= 0.3 is 0 Å². The third-order valence-corrected chi connectivity index (χ3v) is 3.66. The lowest BCUT2D eigenvalue weighted by Crippen LogP contribution is -2.30. The average molecular weight is 265 g/mol. The molecule has 0 amide bonds. The van der Waals surface area contributed by atoms with E-state index in [1.165, 1.54) is 0 Å². The van der Waals surface area contributed by atoms with Gasteiger partial charge in [-0.25, -0.2) is 0 Å². The molecule has 4 nitrogen and oxygen atoms in total. The monoisotopic (exact) mass is 265 g/mol. The van der Waals surface area contributed by atoms with Crippen molar-refractivity contribution in [2.75, 3.05) is 7.11 Å². The summed E-state index contributed by atoms with van der Waals surface area (Å²) in [5.41, 5.74) is 6.65. The van der Waals surface area contributed by atoms with Crippen molar-refractivity contribution >= 4 is 0 Å². The minimum Gasteiger partial charge on any atom is -0.493 e. The summed E-state index contributed by atoms with van der Waals surface area (Å²) in [5, 5.41) is 10.1. The van der Waals surface area contributed by atoms with E-state index in [0.717, 1.165) is 37.7 Å². The lowest BCUT2D eigenvalue weighted by atomic mass is 10.1. The van der Waals surface area contributed by atoms with Crippen LogP contribution in [0.25, 0.3) is 0 Å². The molecule has 19 heavy (non-hydrogen) atoms. The van der Waals surface area contributed by atoms with Crippen molar-refractivity contribution < 1.29 is 14.6 Å². The van der Waals surface area contributed by atoms with E-state index in [1.54, 1.807) is 7.11 Å². The molecule has 0 spiro atoms. The van der Waals surface area contributed by atoms with Crippen molar-refractivity contribution in [1.82, 2.24) is 0 Å². The molecule has 1 aromatic rings. The van der Waals surface area contributed by atoms with Crippen LogP contribution in [0.1, 0.15) is 37.7 Å². The van der Waals surface area contributed by atoms with Crippen LogP contribution in [0.4, 0.5) is 0 Å². The van der Waals surface area contributed by atoms with Crippen LogP contribution in [-0.2, 0) is 6.54 Å². The smallest absolute Gasteiger partial charge is 0.162 e. The Labute approximate surface area is 114 Å². The van der Waals surface area contributed by atoms with Gasteiger partial charge < -0.3 is 20.3 Å². The molecule has 3 N–H and O–H groups in total. The van der Waals surface area contributed by atoms with Gasteiger partial charge in [-0.1, -0.05) is 18.9 Å². The molecule has 106 valence electrons. The highest BCUT2D eigenvalue weighted by Gasteiger charge is 2.24. The Hall–Kier alpha value is -1.26. The number of benzene rings is 1. The first kappa shape index (κ1) is 14.2. The number of methoxy groups -OCH3 is 1. The molecule has 1 saturated carbocycles. The van der Waals surface area contributed by atoms with Crippen LogP contribution < -0.4 is 15.2 Å². The topological polar surface area (TPSA) is 64.7 Å². The van der Waals surface area contributed by atoms with Crippen molar-refractivity contribution in [1.29, 1.82) is 0 Å². The van der Waals surface area contributed by atoms with Gasteiger partial charge in [0, 0.05) is 6.54 Å². The molecular weight excluding hydrogens is 242 g/mol. The molecule has 0 saturated heterocycles. The Bertz CT molecular complexity index is 408. The predicted molar refractivity (Wildman–Crippen MR) is 74.4 cm³/mol. The maximum atomic E-state index is 10.1. The summed E-state index contributed by atoms with van der Waals surface area (Å²) in [7, 11) is 1.62. The standard InChI is InChI=1S/C15H23NO3/c1-18-14-8-7-11(10-16)9-15(14)19-13-6-4-2-3-5-12(13)17/h7-9,12-13,17H,2-6,10,16H2,1H3. The van der Waals surface area contributed by atoms with Gasteiger partial charge in [-0.15, -0.1) is 0 Å². The second-order valence-electron chi connectivity index (χ2n) is 5.05. The molecule has 2 unspecified atom stereocenters. The van der Waals surface area contributed by atoms with Gasteiger partial charge in [0.05, 0.1) is 13.2 Å². The summed E-state index contributed by atoms with van der Waals surface area (Å²) in [6.07, 6.45) is 4.48. The van der Waals surface area contributed by atoms with E-state index in [4.69, 9.17) is 15.2 Å². The number of aliphatic hydroxyl groups is 1. The molecule has 1 aliphatic rings. The van der Waals surface area contributed by atoms with Gasteiger partial charge in [0.2, 0.25) is 0 Å². The minimum atomic E-state index is -0.395. The lowest BCUT2D eigenvalue weighted by molar-refractivity contribution is 0.0305. The minimum absolute atomic E-state index is 0.149. The first-order valence-electron chi connectivity index (χ1n) is 6.96. The summed E-state index contributed by atoms with van der Waals surface area (Å²) in [4.78, 5) is 0. The Morgan fingerprint density at radius 3 is 2.74 bits per heavy atom. The highest BCUT2D eigenvalue weighted by molar-refractivity contribution is 5.43. The maximum Gasteiger partial charge on any atom is 0.162 e. The van der Waals surface area contributed by atoms with E-state index in [-0.39, 0.29) is 6.10 Å². The van der Waals surface area contributed by atoms with E-state index < -0.39 is 6.10 Å². The van der Waals surface area contributed by atoms with Gasteiger partial charge in [-0.2, -0.15) is 0 Å². The van der Waals surface area contributed by atoms with Crippen molar-refractivity contribution in [2.45, 2.75) is 50.9 Å². The summed E-state index contributed by atoms with van der Waals surface area (Å²) in [5.74, 6) is 1.37. The Kier molecular flexibility index (Phi) is 5.05. The average Bonchev–Trinajstić information content (AvgIpc) is 2.64. The molecule has 0 heterocycles. The molecule has 2 atom stereocenters. The van der Waals surface area contributed by atoms with E-state index >= 15 is 0 Å². The second-order valence-corrected chi connectivity index (χ2v) is 5.05. The van der Waals surface area contributed by atoms with Crippen molar-refractivity contribution in [3.8, 4) is 11.5 Å². The highest BCUT2D eigenvalue weighted by Crippen LogP contribution is 2.31. The first-order chi connectivity index (χ1) is 9.24. The molecular formula is C15H23NO3. The Morgan fingerprint density at radius 2 is 2.00 bits per heavy atom. The van der Waals surface area contributed by atoms with Crippen LogP contribution in [0.2, 0.25) is 0 Å². The van der Waals surface area contributed by atoms with Gasteiger partial charge in [0.1, 0.15) is 6.10 Å². The van der Waals surface area contributed by atoms with Crippen LogP contribution in [-0.4, -0.2) is 24.4 Å². The fraction of sp³-hybridized carbons (Fsp3) is 0.600. The van der Waals surface area contributed by atoms with E-state index in [9.17, 15) is 5.11 Å². The quantitative estimate of drug-likeness (QED) is 0.819. The molecule has 1 aliphatic carbocycles. The number of aliphatic hydroxyl groups excluding tert-OH is 1. The van der Waals surface area contributed by atoms with E-state index in [1.807, 2.05) is 18.2 Å². The third-order valence-electron chi connectivity index (χ3n) is 3.66. The SMILES string of the molecule is COc1ccc(CN)cc1OC1CCCCCC1O. The molecule has 0 aromatic heterocycles. The fourth-order valence-electron chi connectivity index (χ4n) is 2.49. The largest absolute Gasteiger partial charge is 0.493 e. The van der Waals surface area contributed by atoms with E-state index in [0.29, 0.717) is 18.0 Å². The zero-order valence-electron chi connectivity index (χ0n) is 11.5. The summed E-state index contributed by atoms with van der Waals surface area (Å²) < 4.78 is 11.3. The third kappa shape index (κ3) is 3.61. The normalized spacial score (nSPS) is 23.7. The number of hydrogen-bond donors (Lipinski definition) is 2. The van der Waals surface area contributed by atoms with Crippen molar-refractivity contribution in [2.24, 2.45) is 5.73 Å². The van der Waals surface area contributed by atoms with Gasteiger partial charge in [0.25, 0.3) is 0 Å². The lowest BCUT2D eigenvalue weighted by Gasteiger charge is -2.23. The van der Waals surface area contributed by atoms with Gasteiger partial charge in [-0.05, 0) is 37.0 Å². The van der Waals surface area contributed by atoms with Gasteiger partial charge in [-0.3, -0.25) is 0 Å². The second kappa shape index (κ2) is 6.78. The zero-order chi connectivity index (χ0) is 13.7. The fourth-order valence-corrected chi connectivity index (χ4v) is 2.49.